The molecule has 5 aliphatic rings. The Morgan fingerprint density at radius 3 is 2.62 bits per heavy atom. The van der Waals surface area contributed by atoms with Gasteiger partial charge in [0.1, 0.15) is 12.1 Å². The Bertz CT molecular complexity index is 1850. The van der Waals surface area contributed by atoms with Crippen LogP contribution in [0.5, 0.6) is 0 Å². The summed E-state index contributed by atoms with van der Waals surface area (Å²) in [5.74, 6) is -4.45. The third kappa shape index (κ3) is 4.51. The third-order valence-electron chi connectivity index (χ3n) is 11.1. The summed E-state index contributed by atoms with van der Waals surface area (Å²) < 4.78 is 48.9. The Balaban J connectivity index is 1.09. The van der Waals surface area contributed by atoms with Gasteiger partial charge >= 0.3 is 6.30 Å². The number of hydrogen-bond acceptors (Lipinski definition) is 6. The highest BCUT2D eigenvalue weighted by Gasteiger charge is 2.70. The van der Waals surface area contributed by atoms with Crippen molar-refractivity contribution in [2.75, 3.05) is 20.1 Å². The van der Waals surface area contributed by atoms with Crippen LogP contribution in [-0.2, 0) is 38.3 Å². The van der Waals surface area contributed by atoms with Crippen LogP contribution < -0.4 is 5.32 Å². The molecule has 4 aliphatic heterocycles. The second-order valence-corrected chi connectivity index (χ2v) is 14.7. The molecule has 2 aromatic carbocycles. The van der Waals surface area contributed by atoms with E-state index >= 15 is 0 Å². The Labute approximate surface area is 282 Å². The Morgan fingerprint density at radius 2 is 1.90 bits per heavy atom. The van der Waals surface area contributed by atoms with Gasteiger partial charge in [-0.05, 0) is 78.3 Å². The van der Waals surface area contributed by atoms with Gasteiger partial charge in [-0.2, -0.15) is 0 Å². The van der Waals surface area contributed by atoms with Crippen molar-refractivity contribution in [3.8, 4) is 0 Å². The second-order valence-electron chi connectivity index (χ2n) is 13.9. The number of nitrogens with one attached hydrogen (secondary N) is 1. The minimum absolute atomic E-state index is 0.00624. The lowest BCUT2D eigenvalue weighted by molar-refractivity contribution is -0.315. The molecule has 3 aromatic rings. The molecule has 2 N–H and O–H groups in total. The number of fused-ring (bicyclic) bond motifs is 5. The van der Waals surface area contributed by atoms with Crippen LogP contribution >= 0.6 is 15.9 Å². The SMILES string of the molecule is CN1C[C@H](C(=O)N[C@]2(C)O[C@@]3(O)[C@@H]4CCCN4C(=O)[C@H](Cc4ccccc4)N3C2=O)C[C@@H]2c3cccc4c3c(c(Br)n4C(F)(F)F)C[C@H]21. The molecule has 254 valence electrons. The topological polar surface area (TPSA) is 107 Å². The van der Waals surface area contributed by atoms with Gasteiger partial charge in [-0.1, -0.05) is 42.5 Å². The summed E-state index contributed by atoms with van der Waals surface area (Å²) in [6.45, 7) is 2.15. The average molecular weight is 731 g/mol. The fourth-order valence-corrected chi connectivity index (χ4v) is 9.79. The molecule has 0 unspecified atom stereocenters. The number of piperidine rings is 1. The number of aliphatic hydroxyl groups is 1. The molecule has 10 nitrogen and oxygen atoms in total. The normalized spacial score (nSPS) is 33.2. The number of aromatic nitrogens is 1. The molecule has 5 heterocycles. The van der Waals surface area contributed by atoms with Crippen LogP contribution in [0.25, 0.3) is 10.9 Å². The molecule has 4 fully saturated rings. The number of likely N-dealkylation sites (N-methyl/N-ethyl adjacent to an activating group) is 1. The number of benzene rings is 2. The second kappa shape index (κ2) is 10.8. The maximum Gasteiger partial charge on any atom is 0.489 e. The van der Waals surface area contributed by atoms with Crippen LogP contribution in [-0.4, -0.2) is 92.0 Å². The van der Waals surface area contributed by atoms with E-state index in [1.165, 1.54) is 13.0 Å². The zero-order chi connectivity index (χ0) is 33.9. The lowest BCUT2D eigenvalue weighted by atomic mass is 9.72. The van der Waals surface area contributed by atoms with Crippen LogP contribution in [0.15, 0.2) is 53.1 Å². The van der Waals surface area contributed by atoms with Crippen molar-refractivity contribution >= 4 is 44.6 Å². The summed E-state index contributed by atoms with van der Waals surface area (Å²) in [4.78, 5) is 46.8. The van der Waals surface area contributed by atoms with Crippen LogP contribution in [0.4, 0.5) is 13.2 Å². The summed E-state index contributed by atoms with van der Waals surface area (Å²) in [6, 6.07) is 12.2. The van der Waals surface area contributed by atoms with Crippen LogP contribution in [0.1, 0.15) is 48.8 Å². The van der Waals surface area contributed by atoms with Crippen LogP contribution in [0.3, 0.4) is 0 Å². The fourth-order valence-electron chi connectivity index (χ4n) is 9.04. The van der Waals surface area contributed by atoms with Crippen molar-refractivity contribution in [2.45, 2.75) is 81.0 Å². The number of nitrogens with zero attached hydrogens (tertiary/aromatic N) is 4. The van der Waals surface area contributed by atoms with Crippen LogP contribution in [0.2, 0.25) is 0 Å². The largest absolute Gasteiger partial charge is 0.489 e. The van der Waals surface area contributed by atoms with Crippen molar-refractivity contribution in [2.24, 2.45) is 5.92 Å². The average Bonchev–Trinajstić information content (AvgIpc) is 3.70. The smallest absolute Gasteiger partial charge is 0.347 e. The number of amides is 3. The van der Waals surface area contributed by atoms with Gasteiger partial charge < -0.3 is 20.2 Å². The third-order valence-corrected chi connectivity index (χ3v) is 11.9. The number of rotatable bonds is 4. The zero-order valence-corrected chi connectivity index (χ0v) is 27.9. The quantitative estimate of drug-likeness (QED) is 0.424. The van der Waals surface area contributed by atoms with Gasteiger partial charge in [-0.15, -0.1) is 13.2 Å². The van der Waals surface area contributed by atoms with Crippen molar-refractivity contribution in [1.82, 2.24) is 24.6 Å². The van der Waals surface area contributed by atoms with E-state index in [2.05, 4.69) is 21.2 Å². The number of halogens is 4. The van der Waals surface area contributed by atoms with Crippen molar-refractivity contribution in [1.29, 1.82) is 0 Å². The molecular weight excluding hydrogens is 695 g/mol. The van der Waals surface area contributed by atoms with E-state index in [9.17, 15) is 32.7 Å². The number of ether oxygens (including phenoxy) is 1. The number of alkyl halides is 3. The summed E-state index contributed by atoms with van der Waals surface area (Å²) in [5, 5.41) is 15.4. The molecule has 1 aliphatic carbocycles. The zero-order valence-electron chi connectivity index (χ0n) is 26.3. The molecule has 14 heteroatoms. The Morgan fingerprint density at radius 1 is 1.15 bits per heavy atom. The van der Waals surface area contributed by atoms with Gasteiger partial charge in [-0.3, -0.25) is 24.0 Å². The maximum absolute atomic E-state index is 14.2. The molecule has 0 radical (unpaired) electrons. The predicted octanol–water partition coefficient (Wildman–Crippen LogP) is 3.79. The first-order valence-corrected chi connectivity index (χ1v) is 17.0. The van der Waals surface area contributed by atoms with Gasteiger partial charge in [0.25, 0.3) is 11.8 Å². The maximum atomic E-state index is 14.2. The van der Waals surface area contributed by atoms with Gasteiger partial charge in [0.15, 0.2) is 0 Å². The summed E-state index contributed by atoms with van der Waals surface area (Å²) >= 11 is 3.23. The van der Waals surface area contributed by atoms with Crippen LogP contribution in [0, 0.1) is 5.92 Å². The molecule has 0 bridgehead atoms. The lowest BCUT2D eigenvalue weighted by Gasteiger charge is -2.48. The summed E-state index contributed by atoms with van der Waals surface area (Å²) in [7, 11) is 1.85. The highest BCUT2D eigenvalue weighted by atomic mass is 79.9. The minimum Gasteiger partial charge on any atom is -0.347 e. The number of hydrogen-bond donors (Lipinski definition) is 2. The molecule has 7 atom stereocenters. The molecule has 8 rings (SSSR count). The van der Waals surface area contributed by atoms with E-state index in [1.807, 2.05) is 48.3 Å². The van der Waals surface area contributed by atoms with Gasteiger partial charge in [0, 0.05) is 36.9 Å². The number of likely N-dealkylation sites (tertiary alicyclic amines) is 1. The van der Waals surface area contributed by atoms with Crippen molar-refractivity contribution < 1.29 is 37.4 Å². The Kier molecular flexibility index (Phi) is 7.13. The van der Waals surface area contributed by atoms with E-state index in [4.69, 9.17) is 4.74 Å². The number of carbonyl (C=O) groups excluding carboxylic acids is 3. The van der Waals surface area contributed by atoms with E-state index in [1.54, 1.807) is 11.0 Å². The summed E-state index contributed by atoms with van der Waals surface area (Å²) in [6.07, 6.45) is -2.65. The molecule has 4 saturated heterocycles. The number of carbonyl (C=O) groups is 3. The molecule has 3 amide bonds. The molecule has 0 saturated carbocycles. The molecule has 1 aromatic heterocycles. The first-order chi connectivity index (χ1) is 22.7. The van der Waals surface area contributed by atoms with E-state index < -0.39 is 47.8 Å². The molecule has 0 spiro atoms. The molecule has 48 heavy (non-hydrogen) atoms. The first-order valence-electron chi connectivity index (χ1n) is 16.2. The van der Waals surface area contributed by atoms with E-state index in [-0.39, 0.29) is 34.4 Å². The van der Waals surface area contributed by atoms with Gasteiger partial charge in [0.05, 0.1) is 16.0 Å². The first kappa shape index (κ1) is 31.8. The molecular formula is C34H35BrF3N5O5. The highest BCUT2D eigenvalue weighted by molar-refractivity contribution is 9.10. The minimum atomic E-state index is -4.61. The predicted molar refractivity (Wildman–Crippen MR) is 170 cm³/mol. The van der Waals surface area contributed by atoms with Gasteiger partial charge in [-0.25, -0.2) is 4.57 Å². The van der Waals surface area contributed by atoms with Crippen molar-refractivity contribution in [3.63, 3.8) is 0 Å². The van der Waals surface area contributed by atoms with E-state index in [0.717, 1.165) is 16.0 Å². The number of piperazine rings is 1. The van der Waals surface area contributed by atoms with Gasteiger partial charge in [0.2, 0.25) is 17.5 Å². The highest BCUT2D eigenvalue weighted by Crippen LogP contribution is 2.50. The standard InChI is InChI=1S/C34H35BrF3N5O5/c1-32(31(46)43-25(14-18-8-4-3-5-9-18)30(45)41-13-7-12-26(41)33(43,47)48-32)39-29(44)19-15-21-20-10-6-11-23-27(20)22(16-24(21)40(2)17-19)28(35)42(23)34(36,37)38/h3-6,8-11,19,21,24-26,47H,7,12-17H2,1-2H3,(H,39,44)/t19-,21-,24-,25+,26+,32-,33+/m1/s1. The summed E-state index contributed by atoms with van der Waals surface area (Å²) in [5.41, 5.74) is 0.267. The van der Waals surface area contributed by atoms with Crippen molar-refractivity contribution in [3.05, 3.63) is 69.8 Å². The monoisotopic (exact) mass is 729 g/mol. The fraction of sp³-hybridized carbons (Fsp3) is 0.500. The Hall–Kier alpha value is -3.46. The van der Waals surface area contributed by atoms with E-state index in [0.29, 0.717) is 54.3 Å². The lowest BCUT2D eigenvalue weighted by Crippen LogP contribution is -2.71.